The number of alkyl halides is 3. The van der Waals surface area contributed by atoms with Gasteiger partial charge >= 0.3 is 6.18 Å². The Morgan fingerprint density at radius 3 is 2.57 bits per heavy atom. The highest BCUT2D eigenvalue weighted by Crippen LogP contribution is 2.41. The normalized spacial score (nSPS) is 24.9. The van der Waals surface area contributed by atoms with E-state index in [0.717, 1.165) is 18.2 Å². The van der Waals surface area contributed by atoms with Gasteiger partial charge in [0.15, 0.2) is 0 Å². The van der Waals surface area contributed by atoms with Crippen molar-refractivity contribution >= 4 is 0 Å². The zero-order chi connectivity index (χ0) is 15.6. The van der Waals surface area contributed by atoms with Crippen molar-refractivity contribution in [3.05, 3.63) is 35.4 Å². The number of hydrogen-bond donors (Lipinski definition) is 1. The molecule has 1 aliphatic carbocycles. The first kappa shape index (κ1) is 16.2. The van der Waals surface area contributed by atoms with Crippen LogP contribution < -0.4 is 0 Å². The lowest BCUT2D eigenvalue weighted by atomic mass is 9.77. The summed E-state index contributed by atoms with van der Waals surface area (Å²) in [7, 11) is 0. The van der Waals surface area contributed by atoms with Crippen molar-refractivity contribution in [3.63, 3.8) is 0 Å². The molecule has 0 aliphatic heterocycles. The van der Waals surface area contributed by atoms with Crippen LogP contribution in [-0.4, -0.2) is 17.4 Å². The third-order valence-electron chi connectivity index (χ3n) is 4.16. The smallest absolute Gasteiger partial charge is 0.391 e. The molecule has 1 nitrogen and oxygen atoms in total. The molecule has 2 rings (SSSR count). The van der Waals surface area contributed by atoms with Crippen molar-refractivity contribution in [1.29, 1.82) is 0 Å². The van der Waals surface area contributed by atoms with Crippen molar-refractivity contribution < 1.29 is 27.1 Å². The molecule has 0 radical (unpaired) electrons. The number of aliphatic hydroxyl groups is 1. The lowest BCUT2D eigenvalue weighted by molar-refractivity contribution is -0.188. The Labute approximate surface area is 119 Å². The third-order valence-corrected chi connectivity index (χ3v) is 4.16. The lowest BCUT2D eigenvalue weighted by Crippen LogP contribution is -2.34. The summed E-state index contributed by atoms with van der Waals surface area (Å²) in [4.78, 5) is 0. The van der Waals surface area contributed by atoms with E-state index in [9.17, 15) is 27.1 Å². The van der Waals surface area contributed by atoms with Crippen LogP contribution >= 0.6 is 0 Å². The molecular weight excluding hydrogens is 291 g/mol. The molecule has 1 N–H and O–H groups in total. The van der Waals surface area contributed by atoms with Gasteiger partial charge in [0.05, 0.1) is 12.0 Å². The molecule has 1 aliphatic rings. The van der Waals surface area contributed by atoms with Gasteiger partial charge in [-0.1, -0.05) is 6.42 Å². The second-order valence-corrected chi connectivity index (χ2v) is 5.67. The molecule has 0 spiro atoms. The first-order valence-electron chi connectivity index (χ1n) is 6.96. The highest BCUT2D eigenvalue weighted by molar-refractivity contribution is 5.19. The van der Waals surface area contributed by atoms with Crippen LogP contribution in [0.4, 0.5) is 22.0 Å². The standard InChI is InChI=1S/C15H17F5O/c16-12-4-5-13(17)10(7-12)8-14(21)9-2-1-3-11(6-9)15(18,19)20/h4-5,7,9,11,14,21H,1-3,6,8H2. The molecule has 0 heterocycles. The Morgan fingerprint density at radius 2 is 1.90 bits per heavy atom. The van der Waals surface area contributed by atoms with Gasteiger partial charge in [-0.05, 0) is 48.9 Å². The van der Waals surface area contributed by atoms with Crippen molar-refractivity contribution in [2.45, 2.75) is 44.4 Å². The van der Waals surface area contributed by atoms with Gasteiger partial charge in [-0.2, -0.15) is 13.2 Å². The number of aliphatic hydroxyl groups excluding tert-OH is 1. The topological polar surface area (TPSA) is 20.2 Å². The fourth-order valence-electron chi connectivity index (χ4n) is 2.97. The molecule has 118 valence electrons. The van der Waals surface area contributed by atoms with Gasteiger partial charge in [0.1, 0.15) is 11.6 Å². The largest absolute Gasteiger partial charge is 0.392 e. The van der Waals surface area contributed by atoms with Crippen LogP contribution in [0.3, 0.4) is 0 Å². The predicted molar refractivity (Wildman–Crippen MR) is 67.6 cm³/mol. The van der Waals surface area contributed by atoms with E-state index in [4.69, 9.17) is 0 Å². The molecule has 0 bridgehead atoms. The minimum Gasteiger partial charge on any atom is -0.392 e. The van der Waals surface area contributed by atoms with Crippen LogP contribution in [0.1, 0.15) is 31.2 Å². The predicted octanol–water partition coefficient (Wildman–Crippen LogP) is 4.24. The molecule has 3 atom stereocenters. The van der Waals surface area contributed by atoms with Crippen LogP contribution in [0, 0.1) is 23.5 Å². The SMILES string of the molecule is OC(Cc1cc(F)ccc1F)C1CCCC(C(F)(F)F)C1. The fraction of sp³-hybridized carbons (Fsp3) is 0.600. The molecule has 1 aromatic rings. The lowest BCUT2D eigenvalue weighted by Gasteiger charge is -2.33. The summed E-state index contributed by atoms with van der Waals surface area (Å²) in [6, 6.07) is 2.89. The van der Waals surface area contributed by atoms with Crippen molar-refractivity contribution in [2.75, 3.05) is 0 Å². The van der Waals surface area contributed by atoms with E-state index >= 15 is 0 Å². The maximum Gasteiger partial charge on any atom is 0.391 e. The minimum atomic E-state index is -4.26. The van der Waals surface area contributed by atoms with E-state index in [1.54, 1.807) is 0 Å². The quantitative estimate of drug-likeness (QED) is 0.828. The van der Waals surface area contributed by atoms with Crippen LogP contribution in [0.2, 0.25) is 0 Å². The highest BCUT2D eigenvalue weighted by Gasteiger charge is 2.43. The Hall–Kier alpha value is -1.17. The monoisotopic (exact) mass is 308 g/mol. The molecule has 3 unspecified atom stereocenters. The summed E-state index contributed by atoms with van der Waals surface area (Å²) in [5.41, 5.74) is -0.00312. The van der Waals surface area contributed by atoms with Crippen LogP contribution in [0.15, 0.2) is 18.2 Å². The average molecular weight is 308 g/mol. The summed E-state index contributed by atoms with van der Waals surface area (Å²) < 4.78 is 64.8. The van der Waals surface area contributed by atoms with Crippen LogP contribution in [0.25, 0.3) is 0 Å². The number of halogens is 5. The second-order valence-electron chi connectivity index (χ2n) is 5.67. The number of benzene rings is 1. The van der Waals surface area contributed by atoms with Crippen molar-refractivity contribution in [3.8, 4) is 0 Å². The third kappa shape index (κ3) is 4.15. The summed E-state index contributed by atoms with van der Waals surface area (Å²) in [6.45, 7) is 0. The van der Waals surface area contributed by atoms with Gasteiger partial charge in [0.2, 0.25) is 0 Å². The van der Waals surface area contributed by atoms with Gasteiger partial charge in [0.25, 0.3) is 0 Å². The first-order chi connectivity index (χ1) is 9.77. The van der Waals surface area contributed by atoms with E-state index < -0.39 is 35.8 Å². The van der Waals surface area contributed by atoms with Gasteiger partial charge < -0.3 is 5.11 Å². The summed E-state index contributed by atoms with van der Waals surface area (Å²) in [5, 5.41) is 10.1. The molecular formula is C15H17F5O. The van der Waals surface area contributed by atoms with Gasteiger partial charge in [-0.3, -0.25) is 0 Å². The van der Waals surface area contributed by atoms with E-state index in [1.165, 1.54) is 0 Å². The fourth-order valence-corrected chi connectivity index (χ4v) is 2.97. The van der Waals surface area contributed by atoms with Gasteiger partial charge in [-0.15, -0.1) is 0 Å². The zero-order valence-electron chi connectivity index (χ0n) is 11.3. The number of rotatable bonds is 3. The molecule has 0 saturated heterocycles. The van der Waals surface area contributed by atoms with Crippen LogP contribution in [0.5, 0.6) is 0 Å². The summed E-state index contributed by atoms with van der Waals surface area (Å²) in [6.07, 6.45) is -4.74. The van der Waals surface area contributed by atoms with E-state index in [1.807, 2.05) is 0 Å². The molecule has 1 saturated carbocycles. The minimum absolute atomic E-state index is 0.00312. The average Bonchev–Trinajstić information content (AvgIpc) is 2.42. The molecule has 6 heteroatoms. The van der Waals surface area contributed by atoms with Crippen molar-refractivity contribution in [2.24, 2.45) is 11.8 Å². The van der Waals surface area contributed by atoms with Gasteiger partial charge in [-0.25, -0.2) is 8.78 Å². The van der Waals surface area contributed by atoms with Gasteiger partial charge in [0, 0.05) is 6.42 Å². The second kappa shape index (κ2) is 6.30. The number of hydrogen-bond acceptors (Lipinski definition) is 1. The molecule has 1 aromatic carbocycles. The van der Waals surface area contributed by atoms with E-state index in [-0.39, 0.29) is 24.8 Å². The maximum atomic E-state index is 13.5. The molecule has 0 amide bonds. The summed E-state index contributed by atoms with van der Waals surface area (Å²) in [5.74, 6) is -3.23. The maximum absolute atomic E-state index is 13.5. The highest BCUT2D eigenvalue weighted by atomic mass is 19.4. The Kier molecular flexibility index (Phi) is 4.86. The first-order valence-corrected chi connectivity index (χ1v) is 6.96. The molecule has 0 aromatic heterocycles. The van der Waals surface area contributed by atoms with Crippen LogP contribution in [-0.2, 0) is 6.42 Å². The van der Waals surface area contributed by atoms with E-state index in [0.29, 0.717) is 12.8 Å². The zero-order valence-corrected chi connectivity index (χ0v) is 11.3. The Bertz CT molecular complexity index is 485. The summed E-state index contributed by atoms with van der Waals surface area (Å²) >= 11 is 0. The Balaban J connectivity index is 2.02. The van der Waals surface area contributed by atoms with Crippen molar-refractivity contribution in [1.82, 2.24) is 0 Å². The molecule has 21 heavy (non-hydrogen) atoms. The molecule has 1 fully saturated rings. The van der Waals surface area contributed by atoms with E-state index in [2.05, 4.69) is 0 Å². The Morgan fingerprint density at radius 1 is 1.19 bits per heavy atom.